The van der Waals surface area contributed by atoms with E-state index in [2.05, 4.69) is 38.0 Å². The molecule has 2 aliphatic rings. The van der Waals surface area contributed by atoms with Gasteiger partial charge in [0.25, 0.3) is 21.6 Å². The maximum absolute atomic E-state index is 13.8. The number of amides is 1. The van der Waals surface area contributed by atoms with E-state index in [9.17, 15) is 23.3 Å². The van der Waals surface area contributed by atoms with E-state index in [-0.39, 0.29) is 29.5 Å². The molecule has 2 heterocycles. The van der Waals surface area contributed by atoms with Crippen molar-refractivity contribution in [3.63, 3.8) is 0 Å². The molecular weight excluding hydrogens is 794 g/mol. The molecule has 2 fully saturated rings. The molecule has 0 unspecified atom stereocenters. The molecule has 2 saturated heterocycles. The van der Waals surface area contributed by atoms with E-state index in [0.717, 1.165) is 60.9 Å². The van der Waals surface area contributed by atoms with Crippen LogP contribution in [0.5, 0.6) is 11.5 Å². The topological polar surface area (TPSA) is 153 Å². The van der Waals surface area contributed by atoms with Crippen LogP contribution in [-0.2, 0) is 27.9 Å². The van der Waals surface area contributed by atoms with Gasteiger partial charge in [-0.05, 0) is 89.5 Å². The number of rotatable bonds is 15. The smallest absolute Gasteiger partial charge is 0.293 e. The first-order chi connectivity index (χ1) is 28.6. The lowest BCUT2D eigenvalue weighted by Crippen LogP contribution is -2.46. The normalized spacial score (nSPS) is 15.1. The fourth-order valence-electron chi connectivity index (χ4n) is 7.29. The van der Waals surface area contributed by atoms with Gasteiger partial charge in [-0.25, -0.2) is 13.1 Å². The third-order valence-corrected chi connectivity index (χ3v) is 12.3. The molecule has 2 N–H and O–H groups in total. The van der Waals surface area contributed by atoms with E-state index in [1.165, 1.54) is 17.7 Å². The average Bonchev–Trinajstić information content (AvgIpc) is 3.26. The van der Waals surface area contributed by atoms with E-state index >= 15 is 0 Å². The van der Waals surface area contributed by atoms with Gasteiger partial charge in [0.15, 0.2) is 0 Å². The Morgan fingerprint density at radius 1 is 0.915 bits per heavy atom. The molecule has 0 aliphatic carbocycles. The van der Waals surface area contributed by atoms with Crippen molar-refractivity contribution in [2.24, 2.45) is 5.92 Å². The molecule has 0 saturated carbocycles. The average molecular weight is 840 g/mol. The zero-order chi connectivity index (χ0) is 41.4. The molecule has 0 radical (unpaired) electrons. The first kappa shape index (κ1) is 41.5. The third-order valence-electron chi connectivity index (χ3n) is 10.7. The highest BCUT2D eigenvalue weighted by molar-refractivity contribution is 7.90. The molecule has 5 aromatic rings. The first-order valence-electron chi connectivity index (χ1n) is 19.4. The van der Waals surface area contributed by atoms with Crippen molar-refractivity contribution in [1.82, 2.24) is 9.62 Å². The highest BCUT2D eigenvalue weighted by Gasteiger charge is 2.27. The summed E-state index contributed by atoms with van der Waals surface area (Å²) < 4.78 is 46.2. The molecule has 308 valence electrons. The number of nitro benzene ring substituents is 1. The number of anilines is 2. The number of piperazine rings is 1. The Balaban J connectivity index is 1.07. The Morgan fingerprint density at radius 3 is 2.36 bits per heavy atom. The number of sulfonamides is 1. The molecule has 59 heavy (non-hydrogen) atoms. The van der Waals surface area contributed by atoms with Crippen LogP contribution in [0.3, 0.4) is 0 Å². The van der Waals surface area contributed by atoms with Crippen molar-refractivity contribution in [2.45, 2.75) is 30.9 Å². The number of ether oxygens (including phenoxy) is 3. The fourth-order valence-corrected chi connectivity index (χ4v) is 8.40. The summed E-state index contributed by atoms with van der Waals surface area (Å²) in [7, 11) is -2.96. The summed E-state index contributed by atoms with van der Waals surface area (Å²) in [5.74, 6) is 0.202. The molecule has 0 spiro atoms. The highest BCUT2D eigenvalue weighted by atomic mass is 35.5. The number of benzene rings is 5. The quantitative estimate of drug-likeness (QED) is 0.0785. The maximum atomic E-state index is 13.8. The minimum absolute atomic E-state index is 0.00692. The number of halogens is 1. The minimum atomic E-state index is -4.53. The lowest BCUT2D eigenvalue weighted by molar-refractivity contribution is -0.384. The predicted molar refractivity (Wildman–Crippen MR) is 228 cm³/mol. The molecule has 5 aromatic carbocycles. The van der Waals surface area contributed by atoms with Crippen LogP contribution in [0.1, 0.15) is 34.3 Å². The third kappa shape index (κ3) is 10.5. The van der Waals surface area contributed by atoms with Crippen LogP contribution in [0, 0.1) is 16.0 Å². The Hall–Kier alpha value is -5.67. The van der Waals surface area contributed by atoms with Gasteiger partial charge in [0.05, 0.1) is 22.5 Å². The number of carbonyl (C=O) groups excluding carboxylic acids is 1. The largest absolute Gasteiger partial charge is 0.497 e. The van der Waals surface area contributed by atoms with Gasteiger partial charge >= 0.3 is 0 Å². The maximum Gasteiger partial charge on any atom is 0.293 e. The van der Waals surface area contributed by atoms with Gasteiger partial charge in [0.1, 0.15) is 23.8 Å². The van der Waals surface area contributed by atoms with E-state index in [1.807, 2.05) is 42.5 Å². The van der Waals surface area contributed by atoms with Gasteiger partial charge in [0, 0.05) is 75.3 Å². The lowest BCUT2D eigenvalue weighted by Gasteiger charge is -2.36. The van der Waals surface area contributed by atoms with Crippen molar-refractivity contribution in [3.8, 4) is 22.6 Å². The molecular formula is C44H46ClN5O8S. The van der Waals surface area contributed by atoms with Gasteiger partial charge in [0.2, 0.25) is 0 Å². The van der Waals surface area contributed by atoms with Crippen LogP contribution in [0.2, 0.25) is 5.02 Å². The summed E-state index contributed by atoms with van der Waals surface area (Å²) >= 11 is 6.15. The number of hydrogen-bond acceptors (Lipinski definition) is 11. The summed E-state index contributed by atoms with van der Waals surface area (Å²) in [5.41, 5.74) is 4.88. The van der Waals surface area contributed by atoms with E-state index in [4.69, 9.17) is 25.8 Å². The van der Waals surface area contributed by atoms with Crippen molar-refractivity contribution in [3.05, 3.63) is 141 Å². The molecule has 0 atom stereocenters. The van der Waals surface area contributed by atoms with Gasteiger partial charge < -0.3 is 24.4 Å². The Labute approximate surface area is 349 Å². The Bertz CT molecular complexity index is 2370. The molecule has 7 rings (SSSR count). The number of carbonyl (C=O) groups is 1. The monoisotopic (exact) mass is 839 g/mol. The van der Waals surface area contributed by atoms with Crippen LogP contribution in [0.25, 0.3) is 11.1 Å². The van der Waals surface area contributed by atoms with Crippen LogP contribution < -0.4 is 24.4 Å². The highest BCUT2D eigenvalue weighted by Crippen LogP contribution is 2.32. The van der Waals surface area contributed by atoms with Crippen molar-refractivity contribution in [2.75, 3.05) is 63.3 Å². The van der Waals surface area contributed by atoms with E-state index in [0.29, 0.717) is 43.6 Å². The van der Waals surface area contributed by atoms with Crippen LogP contribution >= 0.6 is 11.6 Å². The van der Waals surface area contributed by atoms with Gasteiger partial charge in [-0.15, -0.1) is 0 Å². The number of hydrogen-bond donors (Lipinski definition) is 2. The number of nitrogens with zero attached hydrogens (tertiary/aromatic N) is 3. The zero-order valence-corrected chi connectivity index (χ0v) is 34.2. The van der Waals surface area contributed by atoms with Crippen LogP contribution in [0.15, 0.2) is 114 Å². The zero-order valence-electron chi connectivity index (χ0n) is 32.6. The second kappa shape index (κ2) is 18.9. The van der Waals surface area contributed by atoms with Gasteiger partial charge in [-0.2, -0.15) is 0 Å². The summed E-state index contributed by atoms with van der Waals surface area (Å²) in [5, 5.41) is 15.8. The molecule has 13 nitrogen and oxygen atoms in total. The fraction of sp³-hybridized carbons (Fsp3) is 0.295. The molecule has 1 amide bonds. The first-order valence-corrected chi connectivity index (χ1v) is 21.3. The predicted octanol–water partition coefficient (Wildman–Crippen LogP) is 7.78. The second-order valence-electron chi connectivity index (χ2n) is 14.6. The Kier molecular flexibility index (Phi) is 13.3. The summed E-state index contributed by atoms with van der Waals surface area (Å²) in [6.45, 7) is 5.59. The van der Waals surface area contributed by atoms with Gasteiger partial charge in [-0.1, -0.05) is 60.1 Å². The number of nitrogens with one attached hydrogen (secondary N) is 2. The van der Waals surface area contributed by atoms with Crippen molar-refractivity contribution < 1.29 is 32.3 Å². The number of methoxy groups -OCH3 is 1. The molecule has 0 aromatic heterocycles. The molecule has 2 aliphatic heterocycles. The minimum Gasteiger partial charge on any atom is -0.497 e. The van der Waals surface area contributed by atoms with Gasteiger partial charge in [-0.3, -0.25) is 19.8 Å². The lowest BCUT2D eigenvalue weighted by atomic mass is 9.99. The van der Waals surface area contributed by atoms with Crippen LogP contribution in [0.4, 0.5) is 17.1 Å². The van der Waals surface area contributed by atoms with Crippen molar-refractivity contribution in [1.29, 1.82) is 0 Å². The summed E-state index contributed by atoms with van der Waals surface area (Å²) in [6.07, 6.45) is 1.65. The summed E-state index contributed by atoms with van der Waals surface area (Å²) in [6, 6.07) is 32.1. The standard InChI is InChI=1S/C44H46ClN5O8S/c1-56-37-13-6-32(7-14-37)30-58-43-26-36(49-22-20-48(21-23-49)29-34-4-2-3-5-39(34)33-8-10-35(45)11-9-33)12-16-40(43)44(51)47-59(54,55)38-15-17-41(42(27-38)50(52)53)46-28-31-18-24-57-25-19-31/h2-17,26-27,31,46H,18-25,28-30H2,1H3,(H,47,51). The van der Waals surface area contributed by atoms with Crippen molar-refractivity contribution >= 4 is 44.6 Å². The SMILES string of the molecule is COc1ccc(COc2cc(N3CCN(Cc4ccccc4-c4ccc(Cl)cc4)CC3)ccc2C(=O)NS(=O)(=O)c2ccc(NCC3CCOCC3)c([N+](=O)[O-])c2)cc1. The molecule has 15 heteroatoms. The van der Waals surface area contributed by atoms with E-state index < -0.39 is 31.4 Å². The number of nitro groups is 1. The Morgan fingerprint density at radius 2 is 1.64 bits per heavy atom. The van der Waals surface area contributed by atoms with Crippen LogP contribution in [-0.4, -0.2) is 77.2 Å². The second-order valence-corrected chi connectivity index (χ2v) is 16.7. The molecule has 0 bridgehead atoms. The van der Waals surface area contributed by atoms with E-state index in [1.54, 1.807) is 37.4 Å². The summed E-state index contributed by atoms with van der Waals surface area (Å²) in [4.78, 5) is 29.4.